The molecule has 0 bridgehead atoms. The van der Waals surface area contributed by atoms with Crippen LogP contribution in [0.2, 0.25) is 5.02 Å². The van der Waals surface area contributed by atoms with Crippen LogP contribution in [0.1, 0.15) is 11.4 Å². The van der Waals surface area contributed by atoms with Crippen LogP contribution in [0.3, 0.4) is 0 Å². The summed E-state index contributed by atoms with van der Waals surface area (Å²) in [5.74, 6) is 6.19. The first-order valence-electron chi connectivity index (χ1n) is 8.21. The Morgan fingerprint density at radius 2 is 1.71 bits per heavy atom. The number of imidazole rings is 1. The maximum absolute atomic E-state index is 14.2. The molecule has 0 aliphatic carbocycles. The van der Waals surface area contributed by atoms with Gasteiger partial charge in [-0.05, 0) is 46.1 Å². The van der Waals surface area contributed by atoms with Gasteiger partial charge in [0.15, 0.2) is 0 Å². The molecule has 0 amide bonds. The Kier molecular flexibility index (Phi) is 5.20. The fraction of sp³-hybridized carbons (Fsp3) is 0. The van der Waals surface area contributed by atoms with Crippen LogP contribution in [0.25, 0.3) is 22.6 Å². The molecular formula is C21H11BrClFN4. The molecule has 1 N–H and O–H groups in total. The third-order valence-electron chi connectivity index (χ3n) is 3.88. The zero-order chi connectivity index (χ0) is 19.5. The maximum Gasteiger partial charge on any atom is 0.205 e. The summed E-state index contributed by atoms with van der Waals surface area (Å²) in [5.41, 5.74) is 2.31. The maximum atomic E-state index is 14.2. The van der Waals surface area contributed by atoms with Crippen LogP contribution >= 0.6 is 27.5 Å². The van der Waals surface area contributed by atoms with E-state index in [2.05, 4.69) is 47.7 Å². The highest BCUT2D eigenvalue weighted by Crippen LogP contribution is 2.33. The average molecular weight is 454 g/mol. The van der Waals surface area contributed by atoms with Gasteiger partial charge in [-0.2, -0.15) is 0 Å². The van der Waals surface area contributed by atoms with Gasteiger partial charge in [-0.15, -0.1) is 0 Å². The smallest absolute Gasteiger partial charge is 0.205 e. The molecule has 0 saturated heterocycles. The number of H-pyrrole nitrogens is 1. The number of aromatic nitrogens is 4. The molecule has 2 heterocycles. The van der Waals surface area contributed by atoms with E-state index in [9.17, 15) is 4.39 Å². The lowest BCUT2D eigenvalue weighted by molar-refractivity contribution is 0.630. The number of halogens is 3. The summed E-state index contributed by atoms with van der Waals surface area (Å²) < 4.78 is 14.7. The number of rotatable bonds is 2. The number of hydrogen-bond donors (Lipinski definition) is 1. The van der Waals surface area contributed by atoms with Crippen molar-refractivity contribution >= 4 is 27.5 Å². The summed E-state index contributed by atoms with van der Waals surface area (Å²) in [5, 5.41) is 0.274. The van der Waals surface area contributed by atoms with Crippen molar-refractivity contribution in [2.75, 3.05) is 0 Å². The quantitative estimate of drug-likeness (QED) is 0.408. The van der Waals surface area contributed by atoms with Crippen LogP contribution in [0.15, 0.2) is 65.5 Å². The molecule has 0 atom stereocenters. The van der Waals surface area contributed by atoms with Crippen molar-refractivity contribution in [3.05, 3.63) is 87.8 Å². The van der Waals surface area contributed by atoms with Gasteiger partial charge < -0.3 is 4.98 Å². The highest BCUT2D eigenvalue weighted by atomic mass is 79.9. The molecule has 4 rings (SSSR count). The predicted molar refractivity (Wildman–Crippen MR) is 110 cm³/mol. The Hall–Kier alpha value is -3.01. The van der Waals surface area contributed by atoms with E-state index in [0.29, 0.717) is 27.5 Å². The fourth-order valence-electron chi connectivity index (χ4n) is 2.55. The topological polar surface area (TPSA) is 54.5 Å². The molecule has 0 aliphatic rings. The van der Waals surface area contributed by atoms with Crippen LogP contribution < -0.4 is 0 Å². The molecule has 136 valence electrons. The summed E-state index contributed by atoms with van der Waals surface area (Å²) in [6, 6.07) is 14.1. The van der Waals surface area contributed by atoms with E-state index in [1.54, 1.807) is 24.5 Å². The van der Waals surface area contributed by atoms with Gasteiger partial charge in [-0.3, -0.25) is 0 Å². The van der Waals surface area contributed by atoms with E-state index in [1.807, 2.05) is 30.3 Å². The second-order valence-electron chi connectivity index (χ2n) is 5.76. The lowest BCUT2D eigenvalue weighted by Crippen LogP contribution is -1.91. The van der Waals surface area contributed by atoms with Crippen molar-refractivity contribution < 1.29 is 4.39 Å². The number of aromatic amines is 1. The number of benzene rings is 2. The lowest BCUT2D eigenvalue weighted by atomic mass is 10.2. The zero-order valence-corrected chi connectivity index (χ0v) is 16.6. The first-order chi connectivity index (χ1) is 13.6. The molecule has 28 heavy (non-hydrogen) atoms. The minimum absolute atomic E-state index is 0.211. The van der Waals surface area contributed by atoms with Crippen LogP contribution in [-0.2, 0) is 0 Å². The van der Waals surface area contributed by atoms with Gasteiger partial charge in [0, 0.05) is 23.5 Å². The van der Waals surface area contributed by atoms with E-state index in [-0.39, 0.29) is 10.6 Å². The summed E-state index contributed by atoms with van der Waals surface area (Å²) in [7, 11) is 0. The highest BCUT2D eigenvalue weighted by molar-refractivity contribution is 9.10. The van der Waals surface area contributed by atoms with Gasteiger partial charge in [0.25, 0.3) is 0 Å². The Labute approximate surface area is 174 Å². The Bertz CT molecular complexity index is 1170. The van der Waals surface area contributed by atoms with Crippen LogP contribution in [0, 0.1) is 17.7 Å². The summed E-state index contributed by atoms with van der Waals surface area (Å²) >= 11 is 9.54. The zero-order valence-electron chi connectivity index (χ0n) is 14.2. The molecule has 0 aliphatic heterocycles. The van der Waals surface area contributed by atoms with Crippen molar-refractivity contribution in [3.8, 4) is 34.5 Å². The van der Waals surface area contributed by atoms with E-state index in [4.69, 9.17) is 11.6 Å². The van der Waals surface area contributed by atoms with Crippen molar-refractivity contribution in [2.24, 2.45) is 0 Å². The third kappa shape index (κ3) is 3.81. The minimum Gasteiger partial charge on any atom is -0.332 e. The van der Waals surface area contributed by atoms with Gasteiger partial charge >= 0.3 is 0 Å². The second-order valence-corrected chi connectivity index (χ2v) is 6.96. The molecular weight excluding hydrogens is 443 g/mol. The molecule has 0 fully saturated rings. The van der Waals surface area contributed by atoms with Gasteiger partial charge in [0.2, 0.25) is 5.82 Å². The normalized spacial score (nSPS) is 10.4. The Morgan fingerprint density at radius 1 is 0.964 bits per heavy atom. The highest BCUT2D eigenvalue weighted by Gasteiger charge is 2.17. The fourth-order valence-corrected chi connectivity index (χ4v) is 3.31. The van der Waals surface area contributed by atoms with Crippen LogP contribution in [0.5, 0.6) is 0 Å². The van der Waals surface area contributed by atoms with Gasteiger partial charge in [0.05, 0.1) is 10.6 Å². The van der Waals surface area contributed by atoms with E-state index in [0.717, 1.165) is 5.56 Å². The number of hydrogen-bond acceptors (Lipinski definition) is 3. The lowest BCUT2D eigenvalue weighted by Gasteiger charge is -2.01. The third-order valence-corrected chi connectivity index (χ3v) is 4.77. The van der Waals surface area contributed by atoms with Gasteiger partial charge in [-0.25, -0.2) is 19.3 Å². The van der Waals surface area contributed by atoms with Gasteiger partial charge in [-0.1, -0.05) is 41.8 Å². The molecule has 4 nitrogen and oxygen atoms in total. The van der Waals surface area contributed by atoms with E-state index >= 15 is 0 Å². The largest absolute Gasteiger partial charge is 0.332 e. The van der Waals surface area contributed by atoms with Crippen LogP contribution in [-0.4, -0.2) is 19.9 Å². The van der Waals surface area contributed by atoms with Crippen molar-refractivity contribution in [3.63, 3.8) is 0 Å². The van der Waals surface area contributed by atoms with Crippen LogP contribution in [0.4, 0.5) is 4.39 Å². The molecule has 2 aromatic carbocycles. The predicted octanol–water partition coefficient (Wildman–Crippen LogP) is 5.49. The molecule has 4 aromatic rings. The van der Waals surface area contributed by atoms with Crippen molar-refractivity contribution in [1.29, 1.82) is 0 Å². The molecule has 0 unspecified atom stereocenters. The summed E-state index contributed by atoms with van der Waals surface area (Å²) in [4.78, 5) is 16.0. The van der Waals surface area contributed by atoms with Crippen molar-refractivity contribution in [1.82, 2.24) is 19.9 Å². The first kappa shape index (κ1) is 18.4. The van der Waals surface area contributed by atoms with Crippen molar-refractivity contribution in [2.45, 2.75) is 0 Å². The number of nitrogens with one attached hydrogen (secondary N) is 1. The van der Waals surface area contributed by atoms with Gasteiger partial charge in [0.1, 0.15) is 21.9 Å². The summed E-state index contributed by atoms with van der Waals surface area (Å²) in [6.45, 7) is 0. The molecule has 0 saturated carbocycles. The Balaban J connectivity index is 1.64. The van der Waals surface area contributed by atoms with E-state index in [1.165, 1.54) is 6.07 Å². The monoisotopic (exact) mass is 452 g/mol. The minimum atomic E-state index is -0.455. The number of nitrogens with zero attached hydrogens (tertiary/aromatic N) is 3. The SMILES string of the molecule is Fc1cccc(Cl)c1-c1nc(-c2cnc(C#Cc3ccccc3)nc2)c(Br)[nH]1. The average Bonchev–Trinajstić information content (AvgIpc) is 3.08. The molecule has 0 radical (unpaired) electrons. The first-order valence-corrected chi connectivity index (χ1v) is 9.38. The molecule has 0 spiro atoms. The van der Waals surface area contributed by atoms with E-state index < -0.39 is 5.82 Å². The molecule has 2 aromatic heterocycles. The summed E-state index contributed by atoms with van der Waals surface area (Å²) in [6.07, 6.45) is 3.24. The Morgan fingerprint density at radius 3 is 2.43 bits per heavy atom. The second kappa shape index (κ2) is 7.93. The standard InChI is InChI=1S/C21H11BrClFN4/c22-20-19(27-21(28-20)18-15(23)7-4-8-16(18)24)14-11-25-17(26-12-14)10-9-13-5-2-1-3-6-13/h1-8,11-12H,(H,27,28). The molecule has 7 heteroatoms.